The Bertz CT molecular complexity index is 1210. The van der Waals surface area contributed by atoms with Crippen LogP contribution >= 0.6 is 0 Å². The number of rotatable bonds is 4. The molecule has 2 aromatic heterocycles. The van der Waals surface area contributed by atoms with Crippen LogP contribution in [-0.4, -0.2) is 42.6 Å². The molecule has 5 rings (SSSR count). The molecular formula is C23H21FN4O. The Morgan fingerprint density at radius 1 is 1.14 bits per heavy atom. The Kier molecular flexibility index (Phi) is 4.45. The summed E-state index contributed by atoms with van der Waals surface area (Å²) in [5, 5.41) is 11.3. The van der Waals surface area contributed by atoms with Gasteiger partial charge in [-0.15, -0.1) is 0 Å². The fourth-order valence-corrected chi connectivity index (χ4v) is 4.26. The fourth-order valence-electron chi connectivity index (χ4n) is 4.26. The lowest BCUT2D eigenvalue weighted by Crippen LogP contribution is -2.47. The van der Waals surface area contributed by atoms with E-state index in [1.165, 1.54) is 6.07 Å². The van der Waals surface area contributed by atoms with E-state index >= 15 is 0 Å². The summed E-state index contributed by atoms with van der Waals surface area (Å²) in [6.45, 7) is 4.64. The number of halogens is 1. The summed E-state index contributed by atoms with van der Waals surface area (Å²) in [4.78, 5) is 7.97. The molecule has 1 N–H and O–H groups in total. The zero-order chi connectivity index (χ0) is 19.8. The van der Waals surface area contributed by atoms with Crippen molar-refractivity contribution in [3.05, 3.63) is 65.8 Å². The molecule has 0 saturated carbocycles. The van der Waals surface area contributed by atoms with Crippen LogP contribution in [0.4, 0.5) is 10.1 Å². The van der Waals surface area contributed by atoms with E-state index in [9.17, 15) is 9.65 Å². The van der Waals surface area contributed by atoms with E-state index in [2.05, 4.69) is 26.9 Å². The molecule has 0 atom stereocenters. The maximum absolute atomic E-state index is 13.6. The smallest absolute Gasteiger partial charge is 0.134 e. The largest absolute Gasteiger partial charge is 0.464 e. The highest BCUT2D eigenvalue weighted by Crippen LogP contribution is 2.30. The van der Waals surface area contributed by atoms with Gasteiger partial charge in [-0.1, -0.05) is 6.07 Å². The maximum Gasteiger partial charge on any atom is 0.134 e. The number of hydrogen-bond acceptors (Lipinski definition) is 4. The summed E-state index contributed by atoms with van der Waals surface area (Å²) < 4.78 is 19.1. The highest BCUT2D eigenvalue weighted by atomic mass is 19.1. The van der Waals surface area contributed by atoms with E-state index in [4.69, 9.17) is 4.42 Å². The lowest BCUT2D eigenvalue weighted by molar-refractivity contribution is 0.261. The predicted molar refractivity (Wildman–Crippen MR) is 112 cm³/mol. The summed E-state index contributed by atoms with van der Waals surface area (Å²) in [6, 6.07) is 13.1. The van der Waals surface area contributed by atoms with Crippen molar-refractivity contribution in [2.24, 2.45) is 0 Å². The number of aromatic nitrogens is 1. The van der Waals surface area contributed by atoms with Crippen LogP contribution in [0.15, 0.2) is 53.3 Å². The van der Waals surface area contributed by atoms with E-state index in [0.717, 1.165) is 72.3 Å². The van der Waals surface area contributed by atoms with Crippen LogP contribution in [0.25, 0.3) is 21.9 Å². The Hall–Kier alpha value is -3.30. The molecule has 1 aliphatic rings. The van der Waals surface area contributed by atoms with Gasteiger partial charge in [0, 0.05) is 60.9 Å². The van der Waals surface area contributed by atoms with Gasteiger partial charge < -0.3 is 14.3 Å². The number of furan rings is 1. The zero-order valence-corrected chi connectivity index (χ0v) is 16.0. The van der Waals surface area contributed by atoms with E-state index in [0.29, 0.717) is 5.56 Å². The highest BCUT2D eigenvalue weighted by molar-refractivity contribution is 5.97. The third kappa shape index (κ3) is 3.24. The minimum absolute atomic E-state index is 0.232. The molecule has 0 radical (unpaired) electrons. The first-order valence-electron chi connectivity index (χ1n) is 9.86. The summed E-state index contributed by atoms with van der Waals surface area (Å²) in [7, 11) is 0. The monoisotopic (exact) mass is 388 g/mol. The summed E-state index contributed by atoms with van der Waals surface area (Å²) in [5.41, 5.74) is 4.60. The number of nitriles is 1. The van der Waals surface area contributed by atoms with Crippen LogP contribution < -0.4 is 4.90 Å². The van der Waals surface area contributed by atoms with Crippen molar-refractivity contribution >= 4 is 27.6 Å². The van der Waals surface area contributed by atoms with Crippen LogP contribution in [0.2, 0.25) is 0 Å². The van der Waals surface area contributed by atoms with Crippen LogP contribution in [-0.2, 0) is 6.42 Å². The molecular weight excluding hydrogens is 367 g/mol. The molecule has 146 valence electrons. The second-order valence-electron chi connectivity index (χ2n) is 7.49. The van der Waals surface area contributed by atoms with Gasteiger partial charge in [0.1, 0.15) is 17.5 Å². The van der Waals surface area contributed by atoms with Crippen molar-refractivity contribution in [1.29, 1.82) is 5.26 Å². The van der Waals surface area contributed by atoms with Gasteiger partial charge in [0.2, 0.25) is 0 Å². The number of benzene rings is 2. The normalized spacial score (nSPS) is 15.2. The summed E-state index contributed by atoms with van der Waals surface area (Å²) >= 11 is 0. The number of anilines is 1. The number of H-pyrrole nitrogens is 1. The molecule has 29 heavy (non-hydrogen) atoms. The molecule has 4 aromatic rings. The quantitative estimate of drug-likeness (QED) is 0.567. The van der Waals surface area contributed by atoms with Gasteiger partial charge in [-0.05, 0) is 42.3 Å². The first-order valence-corrected chi connectivity index (χ1v) is 9.86. The van der Waals surface area contributed by atoms with E-state index in [1.54, 1.807) is 24.6 Å². The Morgan fingerprint density at radius 2 is 2.00 bits per heavy atom. The fraction of sp³-hybridized carbons (Fsp3) is 0.261. The molecule has 0 spiro atoms. The predicted octanol–water partition coefficient (Wildman–Crippen LogP) is 4.29. The van der Waals surface area contributed by atoms with Crippen molar-refractivity contribution < 1.29 is 8.81 Å². The molecule has 1 aliphatic heterocycles. The number of hydrogen-bond donors (Lipinski definition) is 1. The van der Waals surface area contributed by atoms with Gasteiger partial charge >= 0.3 is 0 Å². The van der Waals surface area contributed by atoms with Gasteiger partial charge in [0.15, 0.2) is 0 Å². The summed E-state index contributed by atoms with van der Waals surface area (Å²) in [6.07, 6.45) is 4.36. The van der Waals surface area contributed by atoms with Crippen molar-refractivity contribution in [2.75, 3.05) is 37.6 Å². The topological polar surface area (TPSA) is 59.2 Å². The van der Waals surface area contributed by atoms with Gasteiger partial charge in [0.25, 0.3) is 0 Å². The van der Waals surface area contributed by atoms with Crippen molar-refractivity contribution in [1.82, 2.24) is 9.88 Å². The van der Waals surface area contributed by atoms with Gasteiger partial charge in [-0.25, -0.2) is 4.39 Å². The molecule has 3 heterocycles. The molecule has 0 aliphatic carbocycles. The third-order valence-electron chi connectivity index (χ3n) is 5.83. The molecule has 2 aromatic carbocycles. The first kappa shape index (κ1) is 17.8. The van der Waals surface area contributed by atoms with Crippen LogP contribution in [0, 0.1) is 17.1 Å². The van der Waals surface area contributed by atoms with E-state index in [1.807, 2.05) is 12.1 Å². The van der Waals surface area contributed by atoms with Crippen molar-refractivity contribution in [3.8, 4) is 6.07 Å². The molecule has 0 unspecified atom stereocenters. The van der Waals surface area contributed by atoms with Gasteiger partial charge in [-0.3, -0.25) is 4.90 Å². The maximum atomic E-state index is 13.6. The molecule has 1 fully saturated rings. The van der Waals surface area contributed by atoms with E-state index < -0.39 is 0 Å². The SMILES string of the molecule is N#Cc1c[nH]c2cccc(N3CCN(CCc4coc5ccc(F)cc45)CC3)c12. The molecule has 5 nitrogen and oxygen atoms in total. The Morgan fingerprint density at radius 3 is 2.83 bits per heavy atom. The van der Waals surface area contributed by atoms with Crippen LogP contribution in [0.5, 0.6) is 0 Å². The number of nitrogens with one attached hydrogen (secondary N) is 1. The van der Waals surface area contributed by atoms with Crippen molar-refractivity contribution in [3.63, 3.8) is 0 Å². The first-order chi connectivity index (χ1) is 14.2. The van der Waals surface area contributed by atoms with Crippen molar-refractivity contribution in [2.45, 2.75) is 6.42 Å². The van der Waals surface area contributed by atoms with Gasteiger partial charge in [-0.2, -0.15) is 5.26 Å². The second kappa shape index (κ2) is 7.26. The zero-order valence-electron chi connectivity index (χ0n) is 16.0. The number of nitrogens with zero attached hydrogens (tertiary/aromatic N) is 3. The van der Waals surface area contributed by atoms with Gasteiger partial charge in [0.05, 0.1) is 11.8 Å². The molecule has 0 amide bonds. The lowest BCUT2D eigenvalue weighted by atomic mass is 10.1. The number of aromatic amines is 1. The van der Waals surface area contributed by atoms with E-state index in [-0.39, 0.29) is 5.82 Å². The lowest BCUT2D eigenvalue weighted by Gasteiger charge is -2.36. The minimum Gasteiger partial charge on any atom is -0.464 e. The van der Waals surface area contributed by atoms with Crippen LogP contribution in [0.3, 0.4) is 0 Å². The Balaban J connectivity index is 1.26. The molecule has 1 saturated heterocycles. The molecule has 6 heteroatoms. The van der Waals surface area contributed by atoms with Crippen LogP contribution in [0.1, 0.15) is 11.1 Å². The minimum atomic E-state index is -0.232. The average Bonchev–Trinajstić information content (AvgIpc) is 3.36. The molecule has 0 bridgehead atoms. The number of piperazine rings is 1. The highest BCUT2D eigenvalue weighted by Gasteiger charge is 2.20. The average molecular weight is 388 g/mol. The summed E-state index contributed by atoms with van der Waals surface area (Å²) in [5.74, 6) is -0.232. The Labute approximate surface area is 167 Å². The standard InChI is InChI=1S/C23H21FN4O/c24-18-4-5-22-19(12-18)16(15-29-22)6-7-27-8-10-28(11-9-27)21-3-1-2-20-23(21)17(13-25)14-26-20/h1-5,12,14-15,26H,6-11H2. The third-order valence-corrected chi connectivity index (χ3v) is 5.83. The second-order valence-corrected chi connectivity index (χ2v) is 7.49. The number of fused-ring (bicyclic) bond motifs is 2.